The topological polar surface area (TPSA) is 55.8 Å². The van der Waals surface area contributed by atoms with Crippen LogP contribution in [0.25, 0.3) is 6.08 Å². The van der Waals surface area contributed by atoms with Crippen molar-refractivity contribution in [3.63, 3.8) is 0 Å². The molecule has 1 saturated heterocycles. The molecule has 1 aliphatic heterocycles. The molecule has 0 aliphatic carbocycles. The van der Waals surface area contributed by atoms with Gasteiger partial charge in [0, 0.05) is 9.50 Å². The zero-order valence-corrected chi connectivity index (χ0v) is 17.7. The Balaban J connectivity index is 1.97. The summed E-state index contributed by atoms with van der Waals surface area (Å²) in [6.45, 7) is 2.35. The molecular weight excluding hydrogens is 454 g/mol. The lowest BCUT2D eigenvalue weighted by Gasteiger charge is -2.13. The van der Waals surface area contributed by atoms with Crippen LogP contribution in [0.1, 0.15) is 12.5 Å². The van der Waals surface area contributed by atoms with Crippen LogP contribution in [0.5, 0.6) is 11.5 Å². The number of hydrogen-bond acceptors (Lipinski definition) is 5. The highest BCUT2D eigenvalue weighted by Crippen LogP contribution is 2.39. The molecule has 0 saturated carbocycles. The largest absolute Gasteiger partial charge is 0.493 e. The van der Waals surface area contributed by atoms with Gasteiger partial charge >= 0.3 is 0 Å². The molecule has 2 amide bonds. The number of rotatable bonds is 5. The lowest BCUT2D eigenvalue weighted by atomic mass is 10.1. The molecule has 2 aromatic carbocycles. The highest BCUT2D eigenvalue weighted by Gasteiger charge is 2.36. The van der Waals surface area contributed by atoms with E-state index >= 15 is 0 Å². The van der Waals surface area contributed by atoms with Crippen molar-refractivity contribution in [3.8, 4) is 11.5 Å². The van der Waals surface area contributed by atoms with Gasteiger partial charge in [-0.3, -0.25) is 9.59 Å². The molecule has 0 atom stereocenters. The molecule has 3 rings (SSSR count). The van der Waals surface area contributed by atoms with E-state index in [-0.39, 0.29) is 5.24 Å². The molecular formula is C19H15BrClNO4S. The van der Waals surface area contributed by atoms with Crippen LogP contribution in [0.15, 0.2) is 45.8 Å². The minimum Gasteiger partial charge on any atom is -0.493 e. The van der Waals surface area contributed by atoms with Crippen molar-refractivity contribution in [2.45, 2.75) is 6.92 Å². The predicted molar refractivity (Wildman–Crippen MR) is 112 cm³/mol. The van der Waals surface area contributed by atoms with E-state index in [0.717, 1.165) is 21.1 Å². The summed E-state index contributed by atoms with van der Waals surface area (Å²) in [7, 11) is 1.56. The van der Waals surface area contributed by atoms with E-state index in [1.807, 2.05) is 6.92 Å². The van der Waals surface area contributed by atoms with Crippen molar-refractivity contribution in [2.75, 3.05) is 18.6 Å². The number of methoxy groups -OCH3 is 1. The fourth-order valence-corrected chi connectivity index (χ4v) is 3.99. The Morgan fingerprint density at radius 1 is 1.22 bits per heavy atom. The maximum atomic E-state index is 12.8. The van der Waals surface area contributed by atoms with Crippen LogP contribution in [0.2, 0.25) is 5.02 Å². The second-order valence-electron chi connectivity index (χ2n) is 5.45. The third-order valence-electron chi connectivity index (χ3n) is 3.73. The van der Waals surface area contributed by atoms with Gasteiger partial charge < -0.3 is 9.47 Å². The van der Waals surface area contributed by atoms with E-state index in [1.165, 1.54) is 0 Å². The Labute approximate surface area is 174 Å². The molecule has 0 unspecified atom stereocenters. The fraction of sp³-hybridized carbons (Fsp3) is 0.158. The first-order valence-electron chi connectivity index (χ1n) is 7.98. The highest BCUT2D eigenvalue weighted by atomic mass is 79.9. The molecule has 27 heavy (non-hydrogen) atoms. The highest BCUT2D eigenvalue weighted by molar-refractivity contribution is 9.10. The summed E-state index contributed by atoms with van der Waals surface area (Å²) in [6.07, 6.45) is 1.65. The molecule has 5 nitrogen and oxygen atoms in total. The Morgan fingerprint density at radius 2 is 2.00 bits per heavy atom. The third kappa shape index (κ3) is 4.15. The molecule has 0 radical (unpaired) electrons. The van der Waals surface area contributed by atoms with Crippen LogP contribution < -0.4 is 14.4 Å². The summed E-state index contributed by atoms with van der Waals surface area (Å²) < 4.78 is 11.6. The SMILES string of the molecule is CCOc1cc(/C=C2\SC(=O)N(c3cccc(Cl)c3)C2=O)c(Br)cc1OC. The van der Waals surface area contributed by atoms with E-state index < -0.39 is 5.91 Å². The van der Waals surface area contributed by atoms with Gasteiger partial charge in [0.05, 0.1) is 24.3 Å². The summed E-state index contributed by atoms with van der Waals surface area (Å²) in [5.41, 5.74) is 1.15. The number of hydrogen-bond donors (Lipinski definition) is 0. The lowest BCUT2D eigenvalue weighted by molar-refractivity contribution is -0.113. The van der Waals surface area contributed by atoms with Crippen LogP contribution in [-0.4, -0.2) is 24.9 Å². The van der Waals surface area contributed by atoms with Gasteiger partial charge in [-0.15, -0.1) is 0 Å². The summed E-state index contributed by atoms with van der Waals surface area (Å²) in [6, 6.07) is 10.2. The Morgan fingerprint density at radius 3 is 2.67 bits per heavy atom. The van der Waals surface area contributed by atoms with Crippen molar-refractivity contribution in [2.24, 2.45) is 0 Å². The average Bonchev–Trinajstić information content (AvgIpc) is 2.91. The van der Waals surface area contributed by atoms with Gasteiger partial charge in [-0.25, -0.2) is 4.90 Å². The maximum Gasteiger partial charge on any atom is 0.298 e. The number of anilines is 1. The molecule has 2 aromatic rings. The van der Waals surface area contributed by atoms with Crippen LogP contribution in [-0.2, 0) is 4.79 Å². The number of ether oxygens (including phenoxy) is 2. The van der Waals surface area contributed by atoms with E-state index in [0.29, 0.717) is 39.3 Å². The standard InChI is InChI=1S/C19H15BrClNO4S/c1-3-26-16-7-11(14(20)10-15(16)25-2)8-17-18(23)22(19(24)27-17)13-6-4-5-12(21)9-13/h4-10H,3H2,1-2H3/b17-8-. The lowest BCUT2D eigenvalue weighted by Crippen LogP contribution is -2.27. The van der Waals surface area contributed by atoms with Gasteiger partial charge in [0.1, 0.15) is 0 Å². The van der Waals surface area contributed by atoms with Crippen molar-refractivity contribution in [1.82, 2.24) is 0 Å². The Bertz CT molecular complexity index is 947. The molecule has 0 N–H and O–H groups in total. The summed E-state index contributed by atoms with van der Waals surface area (Å²) in [4.78, 5) is 26.6. The fourth-order valence-electron chi connectivity index (χ4n) is 2.54. The second kappa shape index (κ2) is 8.37. The van der Waals surface area contributed by atoms with Crippen LogP contribution in [0.3, 0.4) is 0 Å². The third-order valence-corrected chi connectivity index (χ3v) is 5.52. The number of amides is 2. The van der Waals surface area contributed by atoms with Gasteiger partial charge in [-0.2, -0.15) is 0 Å². The van der Waals surface area contributed by atoms with Crippen molar-refractivity contribution in [1.29, 1.82) is 0 Å². The summed E-state index contributed by atoms with van der Waals surface area (Å²) >= 11 is 10.3. The quantitative estimate of drug-likeness (QED) is 0.523. The first-order chi connectivity index (χ1) is 12.9. The Kier molecular flexibility index (Phi) is 6.14. The number of imide groups is 1. The molecule has 0 spiro atoms. The van der Waals surface area contributed by atoms with Crippen LogP contribution in [0, 0.1) is 0 Å². The molecule has 0 aromatic heterocycles. The van der Waals surface area contributed by atoms with Crippen LogP contribution >= 0.6 is 39.3 Å². The van der Waals surface area contributed by atoms with Crippen molar-refractivity contribution in [3.05, 3.63) is 56.4 Å². The van der Waals surface area contributed by atoms with Gasteiger partial charge in [-0.05, 0) is 60.7 Å². The minimum atomic E-state index is -0.395. The van der Waals surface area contributed by atoms with E-state index in [4.69, 9.17) is 21.1 Å². The monoisotopic (exact) mass is 467 g/mol. The molecule has 1 heterocycles. The summed E-state index contributed by atoms with van der Waals surface area (Å²) in [5.74, 6) is 0.740. The van der Waals surface area contributed by atoms with Crippen LogP contribution in [0.4, 0.5) is 10.5 Å². The van der Waals surface area contributed by atoms with E-state index in [2.05, 4.69) is 15.9 Å². The smallest absolute Gasteiger partial charge is 0.298 e. The zero-order valence-electron chi connectivity index (χ0n) is 14.5. The van der Waals surface area contributed by atoms with E-state index in [9.17, 15) is 9.59 Å². The van der Waals surface area contributed by atoms with Crippen molar-refractivity contribution < 1.29 is 19.1 Å². The number of thioether (sulfide) groups is 1. The van der Waals surface area contributed by atoms with Gasteiger partial charge in [0.15, 0.2) is 11.5 Å². The first-order valence-corrected chi connectivity index (χ1v) is 9.97. The average molecular weight is 469 g/mol. The normalized spacial score (nSPS) is 15.6. The Hall–Kier alpha value is -1.96. The summed E-state index contributed by atoms with van der Waals surface area (Å²) in [5, 5.41) is 0.0815. The zero-order chi connectivity index (χ0) is 19.6. The number of carbonyl (C=O) groups excluding carboxylic acids is 2. The number of nitrogens with zero attached hydrogens (tertiary/aromatic N) is 1. The second-order valence-corrected chi connectivity index (χ2v) is 7.74. The van der Waals surface area contributed by atoms with Crippen molar-refractivity contribution >= 4 is 62.2 Å². The van der Waals surface area contributed by atoms with Gasteiger partial charge in [-0.1, -0.05) is 33.6 Å². The van der Waals surface area contributed by atoms with Gasteiger partial charge in [0.2, 0.25) is 0 Å². The molecule has 1 fully saturated rings. The molecule has 8 heteroatoms. The number of carbonyl (C=O) groups is 2. The predicted octanol–water partition coefficient (Wildman–Crippen LogP) is 5.75. The first kappa shape index (κ1) is 19.8. The van der Waals surface area contributed by atoms with Gasteiger partial charge in [0.25, 0.3) is 11.1 Å². The molecule has 140 valence electrons. The number of benzene rings is 2. The molecule has 1 aliphatic rings. The van der Waals surface area contributed by atoms with E-state index in [1.54, 1.807) is 49.6 Å². The molecule has 0 bridgehead atoms. The minimum absolute atomic E-state index is 0.313. The number of halogens is 2. The maximum absolute atomic E-state index is 12.8.